The van der Waals surface area contributed by atoms with Crippen LogP contribution in [0.5, 0.6) is 0 Å². The standard InChI is InChI=1S/C22H33N3O3/c1-14(2)12-24-17(7)9-19(18(24)8)10-20(11-23)22(27)28-13-21(26)25(15(3)4)16(5)6/h9-10,14-16H,12-13H2,1-8H3. The lowest BCUT2D eigenvalue weighted by Gasteiger charge is -2.30. The van der Waals surface area contributed by atoms with Gasteiger partial charge in [-0.05, 0) is 65.2 Å². The summed E-state index contributed by atoms with van der Waals surface area (Å²) in [6.45, 7) is 16.4. The first-order valence-electron chi connectivity index (χ1n) is 9.76. The summed E-state index contributed by atoms with van der Waals surface area (Å²) in [5, 5.41) is 9.40. The molecular formula is C22H33N3O3. The van der Waals surface area contributed by atoms with Gasteiger partial charge in [-0.25, -0.2) is 4.79 Å². The number of ether oxygens (including phenoxy) is 1. The molecule has 0 fully saturated rings. The van der Waals surface area contributed by atoms with Gasteiger partial charge in [0.1, 0.15) is 11.6 Å². The van der Waals surface area contributed by atoms with Crippen LogP contribution in [0, 0.1) is 31.1 Å². The second-order valence-corrected chi connectivity index (χ2v) is 8.07. The Bertz CT molecular complexity index is 772. The fourth-order valence-corrected chi connectivity index (χ4v) is 3.36. The maximum Gasteiger partial charge on any atom is 0.349 e. The monoisotopic (exact) mass is 387 g/mol. The minimum Gasteiger partial charge on any atom is -0.451 e. The second-order valence-electron chi connectivity index (χ2n) is 8.07. The van der Waals surface area contributed by atoms with Gasteiger partial charge in [0.15, 0.2) is 6.61 Å². The average molecular weight is 388 g/mol. The third-order valence-corrected chi connectivity index (χ3v) is 4.53. The predicted molar refractivity (Wildman–Crippen MR) is 110 cm³/mol. The molecule has 1 heterocycles. The van der Waals surface area contributed by atoms with Gasteiger partial charge in [0.2, 0.25) is 0 Å². The number of carbonyl (C=O) groups excluding carboxylic acids is 2. The molecule has 0 atom stereocenters. The van der Waals surface area contributed by atoms with Crippen molar-refractivity contribution in [1.29, 1.82) is 5.26 Å². The third kappa shape index (κ3) is 5.98. The zero-order valence-corrected chi connectivity index (χ0v) is 18.4. The molecule has 0 N–H and O–H groups in total. The molecule has 1 aromatic rings. The summed E-state index contributed by atoms with van der Waals surface area (Å²) in [6, 6.07) is 3.86. The van der Waals surface area contributed by atoms with E-state index in [1.807, 2.05) is 53.7 Å². The molecule has 0 saturated carbocycles. The van der Waals surface area contributed by atoms with E-state index in [4.69, 9.17) is 4.74 Å². The van der Waals surface area contributed by atoms with Crippen molar-refractivity contribution in [2.45, 2.75) is 74.0 Å². The Kier molecular flexibility index (Phi) is 8.49. The predicted octanol–water partition coefficient (Wildman–Crippen LogP) is 3.86. The van der Waals surface area contributed by atoms with Crippen LogP contribution in [0.2, 0.25) is 0 Å². The number of hydrogen-bond acceptors (Lipinski definition) is 4. The molecule has 0 aliphatic carbocycles. The lowest BCUT2D eigenvalue weighted by molar-refractivity contribution is -0.150. The highest BCUT2D eigenvalue weighted by Crippen LogP contribution is 2.20. The van der Waals surface area contributed by atoms with Gasteiger partial charge in [-0.2, -0.15) is 5.26 Å². The van der Waals surface area contributed by atoms with Gasteiger partial charge < -0.3 is 14.2 Å². The minimum absolute atomic E-state index is 0.00327. The van der Waals surface area contributed by atoms with E-state index in [0.29, 0.717) is 5.92 Å². The Morgan fingerprint density at radius 1 is 1.18 bits per heavy atom. The van der Waals surface area contributed by atoms with Crippen molar-refractivity contribution in [2.24, 2.45) is 5.92 Å². The first-order valence-corrected chi connectivity index (χ1v) is 9.76. The SMILES string of the molecule is Cc1cc(C=C(C#N)C(=O)OCC(=O)N(C(C)C)C(C)C)c(C)n1CC(C)C. The number of nitrogens with zero attached hydrogens (tertiary/aromatic N) is 3. The van der Waals surface area contributed by atoms with Crippen molar-refractivity contribution in [3.05, 3.63) is 28.6 Å². The molecule has 0 aliphatic heterocycles. The van der Waals surface area contributed by atoms with Crippen LogP contribution < -0.4 is 0 Å². The maximum absolute atomic E-state index is 12.3. The van der Waals surface area contributed by atoms with Crippen molar-refractivity contribution in [3.8, 4) is 6.07 Å². The summed E-state index contributed by atoms with van der Waals surface area (Å²) in [6.07, 6.45) is 1.54. The topological polar surface area (TPSA) is 75.3 Å². The molecule has 1 rings (SSSR count). The third-order valence-electron chi connectivity index (χ3n) is 4.53. The van der Waals surface area contributed by atoms with E-state index in [1.54, 1.807) is 4.90 Å². The molecule has 1 amide bonds. The molecule has 0 bridgehead atoms. The minimum atomic E-state index is -0.781. The molecule has 0 radical (unpaired) electrons. The highest BCUT2D eigenvalue weighted by molar-refractivity contribution is 5.99. The van der Waals surface area contributed by atoms with Gasteiger partial charge >= 0.3 is 5.97 Å². The first kappa shape index (κ1) is 23.5. The molecular weight excluding hydrogens is 354 g/mol. The van der Waals surface area contributed by atoms with Gasteiger partial charge in [-0.15, -0.1) is 0 Å². The molecule has 0 spiro atoms. The van der Waals surface area contributed by atoms with E-state index >= 15 is 0 Å². The number of esters is 1. The van der Waals surface area contributed by atoms with Crippen LogP contribution in [0.4, 0.5) is 0 Å². The van der Waals surface area contributed by atoms with E-state index in [-0.39, 0.29) is 30.2 Å². The number of amides is 1. The van der Waals surface area contributed by atoms with E-state index in [9.17, 15) is 14.9 Å². The molecule has 28 heavy (non-hydrogen) atoms. The Morgan fingerprint density at radius 3 is 2.21 bits per heavy atom. The van der Waals surface area contributed by atoms with E-state index in [0.717, 1.165) is 23.5 Å². The molecule has 6 heteroatoms. The first-order chi connectivity index (χ1) is 13.0. The quantitative estimate of drug-likeness (QED) is 0.386. The second kappa shape index (κ2) is 10.1. The van der Waals surface area contributed by atoms with Gasteiger partial charge in [0.25, 0.3) is 5.91 Å². The Hall–Kier alpha value is -2.55. The fraction of sp³-hybridized carbons (Fsp3) is 0.591. The highest BCUT2D eigenvalue weighted by Gasteiger charge is 2.22. The Morgan fingerprint density at radius 2 is 1.75 bits per heavy atom. The molecule has 0 aromatic carbocycles. The van der Waals surface area contributed by atoms with Gasteiger partial charge in [-0.3, -0.25) is 4.79 Å². The molecule has 154 valence electrons. The van der Waals surface area contributed by atoms with Crippen LogP contribution in [0.3, 0.4) is 0 Å². The van der Waals surface area contributed by atoms with Crippen molar-refractivity contribution >= 4 is 18.0 Å². The summed E-state index contributed by atoms with van der Waals surface area (Å²) in [5.74, 6) is -0.569. The van der Waals surface area contributed by atoms with E-state index in [1.165, 1.54) is 6.08 Å². The summed E-state index contributed by atoms with van der Waals surface area (Å²) in [7, 11) is 0. The van der Waals surface area contributed by atoms with Crippen LogP contribution in [-0.4, -0.2) is 40.0 Å². The Labute approximate surface area is 168 Å². The summed E-state index contributed by atoms with van der Waals surface area (Å²) in [5.41, 5.74) is 2.76. The van der Waals surface area contributed by atoms with Gasteiger partial charge in [-0.1, -0.05) is 13.8 Å². The molecule has 0 aliphatic rings. The number of aryl methyl sites for hydroxylation is 1. The fourth-order valence-electron chi connectivity index (χ4n) is 3.36. The van der Waals surface area contributed by atoms with E-state index < -0.39 is 5.97 Å². The van der Waals surface area contributed by atoms with Crippen LogP contribution in [0.15, 0.2) is 11.6 Å². The normalized spacial score (nSPS) is 11.9. The van der Waals surface area contributed by atoms with Crippen molar-refractivity contribution in [1.82, 2.24) is 9.47 Å². The van der Waals surface area contributed by atoms with Crippen LogP contribution in [0.25, 0.3) is 6.08 Å². The van der Waals surface area contributed by atoms with Crippen LogP contribution in [-0.2, 0) is 20.9 Å². The van der Waals surface area contributed by atoms with E-state index in [2.05, 4.69) is 18.4 Å². The van der Waals surface area contributed by atoms with Crippen LogP contribution in [0.1, 0.15) is 58.5 Å². The lowest BCUT2D eigenvalue weighted by Crippen LogP contribution is -2.44. The highest BCUT2D eigenvalue weighted by atomic mass is 16.5. The molecule has 1 aromatic heterocycles. The number of nitriles is 1. The zero-order valence-electron chi connectivity index (χ0n) is 18.4. The molecule has 0 saturated heterocycles. The van der Waals surface area contributed by atoms with Crippen molar-refractivity contribution in [2.75, 3.05) is 6.61 Å². The largest absolute Gasteiger partial charge is 0.451 e. The molecule has 6 nitrogen and oxygen atoms in total. The number of rotatable bonds is 8. The maximum atomic E-state index is 12.3. The van der Waals surface area contributed by atoms with Crippen molar-refractivity contribution < 1.29 is 14.3 Å². The van der Waals surface area contributed by atoms with Crippen molar-refractivity contribution in [3.63, 3.8) is 0 Å². The number of hydrogen-bond donors (Lipinski definition) is 0. The molecule has 0 unspecified atom stereocenters. The van der Waals surface area contributed by atoms with Gasteiger partial charge in [0.05, 0.1) is 0 Å². The summed E-state index contributed by atoms with van der Waals surface area (Å²) >= 11 is 0. The zero-order chi connectivity index (χ0) is 21.6. The number of aromatic nitrogens is 1. The Balaban J connectivity index is 2.95. The van der Waals surface area contributed by atoms with Gasteiger partial charge in [0, 0.05) is 30.0 Å². The summed E-state index contributed by atoms with van der Waals surface area (Å²) in [4.78, 5) is 26.3. The number of carbonyl (C=O) groups is 2. The lowest BCUT2D eigenvalue weighted by atomic mass is 10.1. The van der Waals surface area contributed by atoms with Crippen LogP contribution >= 0.6 is 0 Å². The smallest absolute Gasteiger partial charge is 0.349 e. The summed E-state index contributed by atoms with van der Waals surface area (Å²) < 4.78 is 7.29. The average Bonchev–Trinajstić information content (AvgIpc) is 2.83.